The molecule has 0 aliphatic carbocycles. The van der Waals surface area contributed by atoms with Crippen molar-refractivity contribution in [2.45, 2.75) is 0 Å². The van der Waals surface area contributed by atoms with E-state index in [0.717, 1.165) is 11.2 Å². The monoisotopic (exact) mass is 384 g/mol. The van der Waals surface area contributed by atoms with E-state index in [2.05, 4.69) is 97.1 Å². The van der Waals surface area contributed by atoms with Gasteiger partial charge in [-0.1, -0.05) is 114 Å². The fourth-order valence-electron chi connectivity index (χ4n) is 3.37. The van der Waals surface area contributed by atoms with E-state index in [1.54, 1.807) is 0 Å². The van der Waals surface area contributed by atoms with Gasteiger partial charge >= 0.3 is 0 Å². The van der Waals surface area contributed by atoms with Crippen molar-refractivity contribution in [1.82, 2.24) is 0 Å². The number of furan rings is 1. The van der Waals surface area contributed by atoms with E-state index in [1.807, 2.05) is 0 Å². The zero-order chi connectivity index (χ0) is 18.1. The standard InChI is InChI=1S/C24H18OP2/c1-3-9-17(10-4-1)26-21-15-7-13-19-20-14-8-16-22(24(20)25-23(19)21)27-18-11-5-2-6-12-18/h1-16,26-27H. The molecular formula is C24H18OP2. The molecule has 1 aromatic heterocycles. The molecule has 1 nitrogen and oxygen atoms in total. The van der Waals surface area contributed by atoms with E-state index < -0.39 is 0 Å². The molecule has 0 N–H and O–H groups in total. The lowest BCUT2D eigenvalue weighted by Crippen LogP contribution is -2.03. The molecule has 3 heteroatoms. The predicted octanol–water partition coefficient (Wildman–Crippen LogP) is 4.84. The van der Waals surface area contributed by atoms with Crippen LogP contribution in [0.2, 0.25) is 0 Å². The average molecular weight is 384 g/mol. The summed E-state index contributed by atoms with van der Waals surface area (Å²) in [5.74, 6) is 0. The Morgan fingerprint density at radius 3 is 1.33 bits per heavy atom. The van der Waals surface area contributed by atoms with Gasteiger partial charge in [-0.15, -0.1) is 0 Å². The van der Waals surface area contributed by atoms with Crippen molar-refractivity contribution in [3.63, 3.8) is 0 Å². The third-order valence-electron chi connectivity index (χ3n) is 4.63. The number of para-hydroxylation sites is 2. The van der Waals surface area contributed by atoms with Crippen molar-refractivity contribution in [2.24, 2.45) is 0 Å². The Labute approximate surface area is 162 Å². The molecule has 0 saturated heterocycles. The first-order chi connectivity index (χ1) is 13.4. The van der Waals surface area contributed by atoms with Gasteiger partial charge in [-0.25, -0.2) is 0 Å². The highest BCUT2D eigenvalue weighted by Gasteiger charge is 2.14. The summed E-state index contributed by atoms with van der Waals surface area (Å²) in [6.45, 7) is 0. The third kappa shape index (κ3) is 3.30. The van der Waals surface area contributed by atoms with Gasteiger partial charge in [-0.3, -0.25) is 0 Å². The molecule has 2 atom stereocenters. The minimum Gasteiger partial charge on any atom is -0.455 e. The van der Waals surface area contributed by atoms with Gasteiger partial charge in [-0.2, -0.15) is 0 Å². The van der Waals surface area contributed by atoms with E-state index in [-0.39, 0.29) is 0 Å². The zero-order valence-corrected chi connectivity index (χ0v) is 16.6. The molecule has 0 aliphatic heterocycles. The molecule has 27 heavy (non-hydrogen) atoms. The van der Waals surface area contributed by atoms with Crippen molar-refractivity contribution in [3.8, 4) is 0 Å². The summed E-state index contributed by atoms with van der Waals surface area (Å²) in [4.78, 5) is 0. The van der Waals surface area contributed by atoms with E-state index >= 15 is 0 Å². The third-order valence-corrected chi connectivity index (χ3v) is 7.20. The fourth-order valence-corrected chi connectivity index (χ4v) is 5.67. The Morgan fingerprint density at radius 2 is 0.889 bits per heavy atom. The number of rotatable bonds is 4. The highest BCUT2D eigenvalue weighted by atomic mass is 31.1. The Hall–Kier alpha value is -2.46. The summed E-state index contributed by atoms with van der Waals surface area (Å²) < 4.78 is 6.47. The van der Waals surface area contributed by atoms with Crippen LogP contribution in [0.5, 0.6) is 0 Å². The summed E-state index contributed by atoms with van der Waals surface area (Å²) in [5, 5.41) is 7.62. The molecule has 0 amide bonds. The summed E-state index contributed by atoms with van der Waals surface area (Å²) in [6.07, 6.45) is 0. The fraction of sp³-hybridized carbons (Fsp3) is 0. The van der Waals surface area contributed by atoms with Crippen molar-refractivity contribution < 1.29 is 4.42 Å². The van der Waals surface area contributed by atoms with Crippen LogP contribution >= 0.6 is 17.2 Å². The van der Waals surface area contributed by atoms with Gasteiger partial charge in [0.15, 0.2) is 0 Å². The normalized spacial score (nSPS) is 12.1. The number of fused-ring (bicyclic) bond motifs is 3. The Bertz CT molecular complexity index is 1120. The largest absolute Gasteiger partial charge is 0.455 e. The second kappa shape index (κ2) is 7.28. The molecule has 2 unspecified atom stereocenters. The van der Waals surface area contributed by atoms with E-state index in [1.165, 1.54) is 32.0 Å². The lowest BCUT2D eigenvalue weighted by atomic mass is 10.1. The Kier molecular flexibility index (Phi) is 4.50. The lowest BCUT2D eigenvalue weighted by molar-refractivity contribution is 0.674. The highest BCUT2D eigenvalue weighted by molar-refractivity contribution is 7.56. The Morgan fingerprint density at radius 1 is 0.444 bits per heavy atom. The summed E-state index contributed by atoms with van der Waals surface area (Å²) in [6, 6.07) is 34.3. The maximum Gasteiger partial charge on any atom is 0.143 e. The predicted molar refractivity (Wildman–Crippen MR) is 122 cm³/mol. The Balaban J connectivity index is 1.63. The molecule has 5 aromatic rings. The average Bonchev–Trinajstić information content (AvgIpc) is 3.11. The molecule has 5 rings (SSSR count). The second-order valence-corrected chi connectivity index (χ2v) is 9.18. The number of hydrogen-bond acceptors (Lipinski definition) is 1. The van der Waals surface area contributed by atoms with Crippen LogP contribution in [0.1, 0.15) is 0 Å². The van der Waals surface area contributed by atoms with Crippen molar-refractivity contribution in [1.29, 1.82) is 0 Å². The number of hydrogen-bond donors (Lipinski definition) is 0. The van der Waals surface area contributed by atoms with Crippen LogP contribution in [-0.4, -0.2) is 0 Å². The maximum absolute atomic E-state index is 6.47. The summed E-state index contributed by atoms with van der Waals surface area (Å²) >= 11 is 0. The molecule has 1 heterocycles. The quantitative estimate of drug-likeness (QED) is 0.404. The van der Waals surface area contributed by atoms with Crippen LogP contribution in [0.3, 0.4) is 0 Å². The van der Waals surface area contributed by atoms with Crippen molar-refractivity contribution in [2.75, 3.05) is 0 Å². The first-order valence-corrected chi connectivity index (χ1v) is 11.0. The molecule has 0 radical (unpaired) electrons. The van der Waals surface area contributed by atoms with Gasteiger partial charge in [-0.05, 0) is 10.6 Å². The molecular weight excluding hydrogens is 366 g/mol. The molecule has 0 bridgehead atoms. The number of benzene rings is 4. The van der Waals surface area contributed by atoms with Gasteiger partial charge in [0, 0.05) is 21.4 Å². The minimum atomic E-state index is 0.594. The topological polar surface area (TPSA) is 13.1 Å². The minimum absolute atomic E-state index is 0.594. The van der Waals surface area contributed by atoms with Crippen LogP contribution in [0.15, 0.2) is 101 Å². The summed E-state index contributed by atoms with van der Waals surface area (Å²) in [7, 11) is 1.19. The van der Waals surface area contributed by atoms with E-state index in [9.17, 15) is 0 Å². The van der Waals surface area contributed by atoms with Gasteiger partial charge in [0.25, 0.3) is 0 Å². The molecule has 0 spiro atoms. The van der Waals surface area contributed by atoms with Gasteiger partial charge < -0.3 is 4.42 Å². The lowest BCUT2D eigenvalue weighted by Gasteiger charge is -2.03. The molecule has 4 aromatic carbocycles. The molecule has 130 valence electrons. The zero-order valence-electron chi connectivity index (χ0n) is 14.6. The van der Waals surface area contributed by atoms with Gasteiger partial charge in [0.1, 0.15) is 11.2 Å². The maximum atomic E-state index is 6.47. The van der Waals surface area contributed by atoms with Gasteiger partial charge in [0.05, 0.1) is 0 Å². The molecule has 0 aliphatic rings. The van der Waals surface area contributed by atoms with Crippen LogP contribution in [0.25, 0.3) is 21.9 Å². The van der Waals surface area contributed by atoms with Gasteiger partial charge in [0.2, 0.25) is 0 Å². The van der Waals surface area contributed by atoms with Crippen molar-refractivity contribution in [3.05, 3.63) is 97.1 Å². The first-order valence-electron chi connectivity index (χ1n) is 8.97. The first kappa shape index (κ1) is 16.7. The van der Waals surface area contributed by atoms with Crippen molar-refractivity contribution >= 4 is 60.3 Å². The SMILES string of the molecule is c1ccc(Pc2cccc3c2oc2c(Pc4ccccc4)cccc23)cc1. The van der Waals surface area contributed by atoms with Crippen LogP contribution < -0.4 is 21.2 Å². The van der Waals surface area contributed by atoms with E-state index in [0.29, 0.717) is 17.2 Å². The van der Waals surface area contributed by atoms with Crippen LogP contribution in [0.4, 0.5) is 0 Å². The molecule has 0 saturated carbocycles. The second-order valence-electron chi connectivity index (χ2n) is 6.45. The van der Waals surface area contributed by atoms with E-state index in [4.69, 9.17) is 4.42 Å². The summed E-state index contributed by atoms with van der Waals surface area (Å²) in [5.41, 5.74) is 2.06. The van der Waals surface area contributed by atoms with Crippen LogP contribution in [0, 0.1) is 0 Å². The highest BCUT2D eigenvalue weighted by Crippen LogP contribution is 2.31. The smallest absolute Gasteiger partial charge is 0.143 e. The molecule has 0 fully saturated rings. The van der Waals surface area contributed by atoms with Crippen LogP contribution in [-0.2, 0) is 0 Å².